The van der Waals surface area contributed by atoms with Crippen molar-refractivity contribution in [1.29, 1.82) is 0 Å². The molecule has 1 aromatic carbocycles. The van der Waals surface area contributed by atoms with E-state index in [0.717, 1.165) is 0 Å². The molecule has 2 N–H and O–H groups in total. The number of methoxy groups -OCH3 is 4. The summed E-state index contributed by atoms with van der Waals surface area (Å²) in [5, 5.41) is 22.7. The summed E-state index contributed by atoms with van der Waals surface area (Å²) in [6.07, 6.45) is -3.85. The Labute approximate surface area is 481 Å². The Morgan fingerprint density at radius 3 is 2.11 bits per heavy atom. The number of ether oxygens (including phenoxy) is 10. The number of hydrogen-bond acceptors (Lipinski definition) is 19. The highest BCUT2D eigenvalue weighted by molar-refractivity contribution is 8.00. The number of likely N-dealkylation sites (N-methyl/N-ethyl adjacent to an activating group) is 1. The summed E-state index contributed by atoms with van der Waals surface area (Å²) >= 11 is 14.2. The number of esters is 2. The number of nitrogens with zero attached hydrogens (tertiary/aromatic N) is 2. The van der Waals surface area contributed by atoms with E-state index in [1.165, 1.54) is 52.6 Å². The average molecular weight is 1170 g/mol. The van der Waals surface area contributed by atoms with E-state index >= 15 is 9.59 Å². The minimum absolute atomic E-state index is 0.0938. The molecule has 4 saturated heterocycles. The molecule has 0 amide bonds. The SMILES string of the molecule is CC[C@H]1OC(=O)[C@H](C)[C@@H](O[C@H]2C[C@@](C)(OC)[C@@H](O)[C@H](C)O2)[C@H](C)[C@@H](O[C@@H]2O[C@H](C)C[C@H](N(C)C)[C@H]2O)[C@](C)(OC)C[C@@H](C)C(=O)[C@H](C)[C@H]2[C@H](SCCCc3c(C(=O)Cc4c(Cl)cncc4Cl)ccc(OC)c3OC)C(=O)O[C@@]21C. The second-order valence-electron chi connectivity index (χ2n) is 23.0. The molecule has 0 unspecified atom stereocenters. The number of halogens is 2. The molecule has 4 aliphatic rings. The van der Waals surface area contributed by atoms with Gasteiger partial charge in [0, 0.05) is 85.9 Å². The molecule has 18 nitrogen and oxygen atoms in total. The molecule has 1 aromatic heterocycles. The highest BCUT2D eigenvalue weighted by Crippen LogP contribution is 2.50. The van der Waals surface area contributed by atoms with Gasteiger partial charge in [0.05, 0.1) is 65.8 Å². The number of hydrogen-bond donors (Lipinski definition) is 2. The second-order valence-corrected chi connectivity index (χ2v) is 25.1. The van der Waals surface area contributed by atoms with Crippen LogP contribution in [-0.2, 0) is 65.1 Å². The van der Waals surface area contributed by atoms with Crippen LogP contribution in [0.4, 0.5) is 0 Å². The molecule has 5 heterocycles. The number of carbonyl (C=O) groups is 4. The Balaban J connectivity index is 1.38. The maximum atomic E-state index is 15.4. The molecule has 0 spiro atoms. The molecule has 21 heteroatoms. The summed E-state index contributed by atoms with van der Waals surface area (Å²) in [6.45, 7) is 18.0. The van der Waals surface area contributed by atoms with Gasteiger partial charge in [-0.05, 0) is 106 Å². The van der Waals surface area contributed by atoms with Gasteiger partial charge in [0.2, 0.25) is 0 Å². The van der Waals surface area contributed by atoms with Crippen molar-refractivity contribution >= 4 is 58.5 Å². The van der Waals surface area contributed by atoms with E-state index in [1.807, 2.05) is 53.6 Å². The molecule has 19 atom stereocenters. The van der Waals surface area contributed by atoms with Crippen LogP contribution in [0.1, 0.15) is 123 Å². The minimum atomic E-state index is -1.48. The Kier molecular flexibility index (Phi) is 22.2. The van der Waals surface area contributed by atoms with Gasteiger partial charge in [-0.25, -0.2) is 0 Å². The van der Waals surface area contributed by atoms with Gasteiger partial charge in [-0.3, -0.25) is 24.2 Å². The van der Waals surface area contributed by atoms with Crippen molar-refractivity contribution in [3.8, 4) is 11.5 Å². The van der Waals surface area contributed by atoms with Gasteiger partial charge in [0.25, 0.3) is 0 Å². The Morgan fingerprint density at radius 2 is 1.52 bits per heavy atom. The first kappa shape index (κ1) is 65.0. The molecule has 79 heavy (non-hydrogen) atoms. The lowest BCUT2D eigenvalue weighted by Crippen LogP contribution is -2.61. The van der Waals surface area contributed by atoms with Crippen LogP contribution in [0, 0.1) is 29.6 Å². The summed E-state index contributed by atoms with van der Waals surface area (Å²) in [5.74, 6) is -4.59. The van der Waals surface area contributed by atoms with Gasteiger partial charge >= 0.3 is 11.9 Å². The van der Waals surface area contributed by atoms with Crippen molar-refractivity contribution in [2.24, 2.45) is 29.6 Å². The normalized spacial score (nSPS) is 37.7. The largest absolute Gasteiger partial charge is 0.493 e. The molecule has 0 aliphatic carbocycles. The van der Waals surface area contributed by atoms with Crippen molar-refractivity contribution in [1.82, 2.24) is 9.88 Å². The van der Waals surface area contributed by atoms with Crippen molar-refractivity contribution < 1.29 is 76.8 Å². The van der Waals surface area contributed by atoms with Crippen molar-refractivity contribution in [2.45, 2.75) is 198 Å². The first-order chi connectivity index (χ1) is 37.1. The van der Waals surface area contributed by atoms with Gasteiger partial charge in [-0.1, -0.05) is 50.9 Å². The van der Waals surface area contributed by atoms with E-state index in [-0.39, 0.29) is 59.4 Å². The summed E-state index contributed by atoms with van der Waals surface area (Å²) in [4.78, 5) is 65.0. The zero-order valence-corrected chi connectivity index (χ0v) is 51.2. The molecule has 4 fully saturated rings. The number of fused-ring (bicyclic) bond motifs is 1. The predicted molar refractivity (Wildman–Crippen MR) is 299 cm³/mol. The lowest BCUT2D eigenvalue weighted by Gasteiger charge is -2.50. The number of carbonyl (C=O) groups excluding carboxylic acids is 4. The molecule has 444 valence electrons. The lowest BCUT2D eigenvalue weighted by atomic mass is 9.70. The summed E-state index contributed by atoms with van der Waals surface area (Å²) in [7, 11) is 9.82. The quantitative estimate of drug-likeness (QED) is 0.0818. The molecule has 0 saturated carbocycles. The zero-order valence-electron chi connectivity index (χ0n) is 48.9. The van der Waals surface area contributed by atoms with Crippen LogP contribution in [0.2, 0.25) is 10.0 Å². The van der Waals surface area contributed by atoms with Crippen molar-refractivity contribution in [3.05, 3.63) is 51.3 Å². The fraction of sp³-hybridized carbons (Fsp3) is 0.741. The van der Waals surface area contributed by atoms with Gasteiger partial charge in [-0.15, -0.1) is 11.8 Å². The van der Waals surface area contributed by atoms with Crippen LogP contribution in [0.5, 0.6) is 11.5 Å². The fourth-order valence-corrected chi connectivity index (χ4v) is 14.7. The second kappa shape index (κ2) is 27.0. The molecule has 6 rings (SSSR count). The van der Waals surface area contributed by atoms with Gasteiger partial charge in [-0.2, -0.15) is 0 Å². The third-order valence-corrected chi connectivity index (χ3v) is 19.4. The predicted octanol–water partition coefficient (Wildman–Crippen LogP) is 8.14. The fourth-order valence-electron chi connectivity index (χ4n) is 12.7. The Hall–Kier alpha value is -3.18. The molecule has 4 aliphatic heterocycles. The number of rotatable bonds is 18. The van der Waals surface area contributed by atoms with E-state index in [2.05, 4.69) is 4.98 Å². The number of cyclic esters (lactones) is 1. The van der Waals surface area contributed by atoms with Crippen molar-refractivity contribution in [3.63, 3.8) is 0 Å². The Morgan fingerprint density at radius 1 is 0.861 bits per heavy atom. The number of pyridine rings is 1. The number of Topliss-reactive ketones (excluding diaryl/α,β-unsaturated/α-hetero) is 2. The first-order valence-electron chi connectivity index (χ1n) is 27.5. The number of thioether (sulfide) groups is 1. The Bertz CT molecular complexity index is 2440. The van der Waals surface area contributed by atoms with E-state index in [4.69, 9.17) is 70.6 Å². The first-order valence-corrected chi connectivity index (χ1v) is 29.3. The van der Waals surface area contributed by atoms with E-state index in [0.29, 0.717) is 53.2 Å². The van der Waals surface area contributed by atoms with Crippen LogP contribution < -0.4 is 9.47 Å². The highest BCUT2D eigenvalue weighted by atomic mass is 35.5. The van der Waals surface area contributed by atoms with E-state index in [1.54, 1.807) is 46.8 Å². The van der Waals surface area contributed by atoms with Crippen LogP contribution in [0.15, 0.2) is 24.5 Å². The molecule has 0 bridgehead atoms. The lowest BCUT2D eigenvalue weighted by molar-refractivity contribution is -0.319. The number of aromatic nitrogens is 1. The maximum Gasteiger partial charge on any atom is 0.320 e. The smallest absolute Gasteiger partial charge is 0.320 e. The van der Waals surface area contributed by atoms with Gasteiger partial charge < -0.3 is 62.5 Å². The van der Waals surface area contributed by atoms with E-state index in [9.17, 15) is 19.8 Å². The zero-order chi connectivity index (χ0) is 58.6. The van der Waals surface area contributed by atoms with Crippen LogP contribution >= 0.6 is 35.0 Å². The number of aliphatic hydroxyl groups excluding tert-OH is 2. The van der Waals surface area contributed by atoms with Crippen molar-refractivity contribution in [2.75, 3.05) is 48.3 Å². The summed E-state index contributed by atoms with van der Waals surface area (Å²) in [6, 6.07) is 3.02. The molecular formula is C58H86Cl2N2O16S. The van der Waals surface area contributed by atoms with Gasteiger partial charge in [0.15, 0.2) is 35.5 Å². The monoisotopic (exact) mass is 1170 g/mol. The third kappa shape index (κ3) is 13.8. The number of ketones is 2. The maximum absolute atomic E-state index is 15.4. The standard InChI is InChI=1S/C58H86Cl2N2O16S/c1-17-43-58(10)45(50(54(68)78-58)79-22-18-19-36-35(20-21-42(69-13)49(36)70-14)41(63)24-37-38(59)27-61-28-39(37)60)31(4)46(64)29(2)25-57(9,72-16)52(77-55-47(65)40(62(11)12)23-30(3)73-55)32(5)48(33(6)53(67)75-43)76-44-26-56(8,71-15)51(66)34(7)74-44/h20-21,27-34,40,43-45,47-48,50-52,55,65-66H,17-19,22-26H2,1-16H3/t29-,30-,31-,32+,33-,34+,40+,43-,44+,45+,47-,48+,50+,51+,52-,55+,56-,57-,58-/m1/s1. The van der Waals surface area contributed by atoms with Crippen LogP contribution in [0.25, 0.3) is 0 Å². The van der Waals surface area contributed by atoms with Gasteiger partial charge in [0.1, 0.15) is 29.3 Å². The molecular weight excluding hydrogens is 1080 g/mol. The highest BCUT2D eigenvalue weighted by Gasteiger charge is 2.62. The number of benzene rings is 1. The average Bonchev–Trinajstić information content (AvgIpc) is 3.91. The molecule has 2 aromatic rings. The summed E-state index contributed by atoms with van der Waals surface area (Å²) < 4.78 is 63.5. The summed E-state index contributed by atoms with van der Waals surface area (Å²) in [5.41, 5.74) is -2.44. The van der Waals surface area contributed by atoms with E-state index < -0.39 is 113 Å². The minimum Gasteiger partial charge on any atom is -0.493 e. The van der Waals surface area contributed by atoms with Crippen LogP contribution in [-0.4, -0.2) is 175 Å². The molecule has 0 radical (unpaired) electrons. The topological polar surface area (TPSA) is 217 Å². The third-order valence-electron chi connectivity index (χ3n) is 17.4. The number of aliphatic hydroxyl groups is 2. The van der Waals surface area contributed by atoms with Crippen LogP contribution in [0.3, 0.4) is 0 Å².